The fourth-order valence-electron chi connectivity index (χ4n) is 2.87. The number of carbonyl (C=O) groups excluding carboxylic acids is 1. The first-order valence-corrected chi connectivity index (χ1v) is 8.58. The van der Waals surface area contributed by atoms with E-state index in [1.807, 2.05) is 50.2 Å². The van der Waals surface area contributed by atoms with Crippen molar-refractivity contribution in [3.63, 3.8) is 0 Å². The fraction of sp³-hybridized carbons (Fsp3) is 0.333. The molecule has 0 aliphatic heterocycles. The maximum Gasteiger partial charge on any atom is 0.312 e. The topological polar surface area (TPSA) is 66.4 Å². The van der Waals surface area contributed by atoms with Crippen LogP contribution >= 0.6 is 0 Å². The average molecular weight is 339 g/mol. The molecule has 132 valence electrons. The van der Waals surface area contributed by atoms with Crippen molar-refractivity contribution in [2.75, 3.05) is 6.54 Å². The van der Waals surface area contributed by atoms with Gasteiger partial charge in [0.1, 0.15) is 0 Å². The first kappa shape index (κ1) is 18.7. The highest BCUT2D eigenvalue weighted by molar-refractivity contribution is 5.81. The predicted molar refractivity (Wildman–Crippen MR) is 98.3 cm³/mol. The lowest BCUT2D eigenvalue weighted by Crippen LogP contribution is -2.38. The first-order chi connectivity index (χ1) is 12.0. The van der Waals surface area contributed by atoms with Gasteiger partial charge in [-0.15, -0.1) is 0 Å². The summed E-state index contributed by atoms with van der Waals surface area (Å²) in [5.41, 5.74) is 1.80. The molecule has 0 radical (unpaired) electrons. The molecule has 0 fully saturated rings. The standard InChI is InChI=1S/C21H25NO3/c1-15(2)18(13-16-9-5-3-6-10-16)20(23)22-14-19(21(24)25)17-11-7-4-8-12-17/h3-12,15,18-19H,13-14H2,1-2H3,(H,22,23)(H,24,25). The van der Waals surface area contributed by atoms with E-state index in [9.17, 15) is 14.7 Å². The summed E-state index contributed by atoms with van der Waals surface area (Å²) in [7, 11) is 0. The number of benzene rings is 2. The van der Waals surface area contributed by atoms with Crippen molar-refractivity contribution >= 4 is 11.9 Å². The summed E-state index contributed by atoms with van der Waals surface area (Å²) in [5, 5.41) is 12.3. The molecule has 2 atom stereocenters. The Hall–Kier alpha value is -2.62. The van der Waals surface area contributed by atoms with Crippen LogP contribution in [0.4, 0.5) is 0 Å². The Bertz CT molecular complexity index is 683. The lowest BCUT2D eigenvalue weighted by atomic mass is 9.88. The number of aliphatic carboxylic acids is 1. The molecule has 0 aromatic heterocycles. The van der Waals surface area contributed by atoms with E-state index < -0.39 is 11.9 Å². The van der Waals surface area contributed by atoms with Crippen LogP contribution in [0.15, 0.2) is 60.7 Å². The molecule has 2 unspecified atom stereocenters. The number of carboxylic acids is 1. The minimum atomic E-state index is -0.935. The molecular formula is C21H25NO3. The molecule has 0 aliphatic rings. The lowest BCUT2D eigenvalue weighted by molar-refractivity contribution is -0.138. The van der Waals surface area contributed by atoms with Gasteiger partial charge >= 0.3 is 5.97 Å². The second kappa shape index (κ2) is 9.02. The van der Waals surface area contributed by atoms with Gasteiger partial charge in [0, 0.05) is 12.5 Å². The van der Waals surface area contributed by atoms with Gasteiger partial charge < -0.3 is 10.4 Å². The van der Waals surface area contributed by atoms with Crippen molar-refractivity contribution < 1.29 is 14.7 Å². The van der Waals surface area contributed by atoms with Gasteiger partial charge in [-0.25, -0.2) is 0 Å². The molecule has 0 bridgehead atoms. The van der Waals surface area contributed by atoms with E-state index in [0.717, 1.165) is 5.56 Å². The van der Waals surface area contributed by atoms with Crippen molar-refractivity contribution in [1.82, 2.24) is 5.32 Å². The number of nitrogens with one attached hydrogen (secondary N) is 1. The van der Waals surface area contributed by atoms with Crippen molar-refractivity contribution in [2.45, 2.75) is 26.2 Å². The Morgan fingerprint density at radius 1 is 0.960 bits per heavy atom. The molecule has 4 heteroatoms. The molecule has 0 saturated heterocycles. The third kappa shape index (κ3) is 5.45. The molecule has 0 heterocycles. The molecule has 0 aliphatic carbocycles. The van der Waals surface area contributed by atoms with E-state index in [4.69, 9.17) is 0 Å². The van der Waals surface area contributed by atoms with Crippen LogP contribution in [-0.4, -0.2) is 23.5 Å². The fourth-order valence-corrected chi connectivity index (χ4v) is 2.87. The van der Waals surface area contributed by atoms with Crippen LogP contribution in [-0.2, 0) is 16.0 Å². The van der Waals surface area contributed by atoms with Crippen LogP contribution in [0, 0.1) is 11.8 Å². The second-order valence-electron chi connectivity index (χ2n) is 6.59. The Morgan fingerprint density at radius 2 is 1.52 bits per heavy atom. The molecule has 0 saturated carbocycles. The third-order valence-corrected chi connectivity index (χ3v) is 4.42. The van der Waals surface area contributed by atoms with Crippen LogP contribution in [0.2, 0.25) is 0 Å². The van der Waals surface area contributed by atoms with Gasteiger partial charge in [0.2, 0.25) is 5.91 Å². The largest absolute Gasteiger partial charge is 0.481 e. The van der Waals surface area contributed by atoms with Crippen LogP contribution in [0.5, 0.6) is 0 Å². The van der Waals surface area contributed by atoms with Crippen molar-refractivity contribution in [3.8, 4) is 0 Å². The smallest absolute Gasteiger partial charge is 0.312 e. The number of carbonyl (C=O) groups is 2. The third-order valence-electron chi connectivity index (χ3n) is 4.42. The lowest BCUT2D eigenvalue weighted by Gasteiger charge is -2.22. The number of amides is 1. The van der Waals surface area contributed by atoms with Crippen LogP contribution < -0.4 is 5.32 Å². The summed E-state index contributed by atoms with van der Waals surface area (Å²) < 4.78 is 0. The van der Waals surface area contributed by atoms with E-state index >= 15 is 0 Å². The molecule has 4 nitrogen and oxygen atoms in total. The molecule has 0 spiro atoms. The van der Waals surface area contributed by atoms with Gasteiger partial charge in [-0.2, -0.15) is 0 Å². The SMILES string of the molecule is CC(C)C(Cc1ccccc1)C(=O)NCC(C(=O)O)c1ccccc1. The summed E-state index contributed by atoms with van der Waals surface area (Å²) in [4.78, 5) is 24.2. The number of hydrogen-bond acceptors (Lipinski definition) is 2. The van der Waals surface area contributed by atoms with E-state index in [-0.39, 0.29) is 24.3 Å². The molecule has 25 heavy (non-hydrogen) atoms. The van der Waals surface area contributed by atoms with E-state index in [1.165, 1.54) is 0 Å². The van der Waals surface area contributed by atoms with Gasteiger partial charge in [-0.05, 0) is 23.5 Å². The number of carboxylic acid groups (broad SMARTS) is 1. The maximum absolute atomic E-state index is 12.6. The molecule has 2 N–H and O–H groups in total. The van der Waals surface area contributed by atoms with Crippen LogP contribution in [0.25, 0.3) is 0 Å². The average Bonchev–Trinajstić information content (AvgIpc) is 2.61. The molecule has 1 amide bonds. The number of rotatable bonds is 8. The van der Waals surface area contributed by atoms with Crippen molar-refractivity contribution in [2.24, 2.45) is 11.8 Å². The van der Waals surface area contributed by atoms with Crippen LogP contribution in [0.3, 0.4) is 0 Å². The Kier molecular flexibility index (Phi) is 6.75. The highest BCUT2D eigenvalue weighted by Gasteiger charge is 2.25. The normalized spacial score (nSPS) is 13.2. The minimum Gasteiger partial charge on any atom is -0.481 e. The van der Waals surface area contributed by atoms with E-state index in [1.54, 1.807) is 24.3 Å². The zero-order valence-corrected chi connectivity index (χ0v) is 14.7. The highest BCUT2D eigenvalue weighted by Crippen LogP contribution is 2.19. The van der Waals surface area contributed by atoms with Gasteiger partial charge in [0.25, 0.3) is 0 Å². The summed E-state index contributed by atoms with van der Waals surface area (Å²) in [6.45, 7) is 4.12. The second-order valence-corrected chi connectivity index (χ2v) is 6.59. The van der Waals surface area contributed by atoms with Crippen molar-refractivity contribution in [1.29, 1.82) is 0 Å². The van der Waals surface area contributed by atoms with Gasteiger partial charge in [0.05, 0.1) is 5.92 Å². The Balaban J connectivity index is 2.03. The van der Waals surface area contributed by atoms with E-state index in [2.05, 4.69) is 5.32 Å². The van der Waals surface area contributed by atoms with Gasteiger partial charge in [-0.3, -0.25) is 9.59 Å². The van der Waals surface area contributed by atoms with E-state index in [0.29, 0.717) is 12.0 Å². The minimum absolute atomic E-state index is 0.0934. The summed E-state index contributed by atoms with van der Waals surface area (Å²) in [6, 6.07) is 18.9. The summed E-state index contributed by atoms with van der Waals surface area (Å²) in [6.07, 6.45) is 0.646. The zero-order chi connectivity index (χ0) is 18.2. The first-order valence-electron chi connectivity index (χ1n) is 8.58. The number of hydrogen-bond donors (Lipinski definition) is 2. The predicted octanol–water partition coefficient (Wildman–Crippen LogP) is 3.49. The molecular weight excluding hydrogens is 314 g/mol. The molecule has 2 aromatic carbocycles. The Labute approximate surface area is 148 Å². The maximum atomic E-state index is 12.6. The van der Waals surface area contributed by atoms with Gasteiger partial charge in [-0.1, -0.05) is 74.5 Å². The zero-order valence-electron chi connectivity index (χ0n) is 14.7. The molecule has 2 aromatic rings. The monoisotopic (exact) mass is 339 g/mol. The van der Waals surface area contributed by atoms with Crippen molar-refractivity contribution in [3.05, 3.63) is 71.8 Å². The summed E-state index contributed by atoms with van der Waals surface area (Å²) >= 11 is 0. The Morgan fingerprint density at radius 3 is 2.04 bits per heavy atom. The summed E-state index contributed by atoms with van der Waals surface area (Å²) in [5.74, 6) is -1.79. The molecule has 2 rings (SSSR count). The van der Waals surface area contributed by atoms with Crippen LogP contribution in [0.1, 0.15) is 30.9 Å². The quantitative estimate of drug-likeness (QED) is 0.774. The highest BCUT2D eigenvalue weighted by atomic mass is 16.4. The van der Waals surface area contributed by atoms with Gasteiger partial charge in [0.15, 0.2) is 0 Å².